The van der Waals surface area contributed by atoms with Crippen molar-refractivity contribution in [3.63, 3.8) is 0 Å². The highest BCUT2D eigenvalue weighted by atomic mass is 19.4. The monoisotopic (exact) mass is 288 g/mol. The van der Waals surface area contributed by atoms with Crippen molar-refractivity contribution in [3.8, 4) is 0 Å². The van der Waals surface area contributed by atoms with Gasteiger partial charge in [0.1, 0.15) is 5.82 Å². The standard InChI is InChI=1S/C12H8F4N2O2/c13-9-5-7(11(19)20)1-2-8(9)6-18-4-3-10(17-18)12(14,15)16/h1-5H,6H2,(H,19,20). The number of nitrogens with zero attached hydrogens (tertiary/aromatic N) is 2. The Labute approximate surface area is 110 Å². The van der Waals surface area contributed by atoms with Crippen LogP contribution in [0.15, 0.2) is 30.5 Å². The van der Waals surface area contributed by atoms with Crippen LogP contribution < -0.4 is 0 Å². The van der Waals surface area contributed by atoms with Gasteiger partial charge in [-0.2, -0.15) is 18.3 Å². The smallest absolute Gasteiger partial charge is 0.435 e. The Bertz CT molecular complexity index is 649. The zero-order valence-corrected chi connectivity index (χ0v) is 9.86. The van der Waals surface area contributed by atoms with Crippen LogP contribution in [0, 0.1) is 5.82 Å². The Balaban J connectivity index is 2.22. The highest BCUT2D eigenvalue weighted by molar-refractivity contribution is 5.87. The van der Waals surface area contributed by atoms with Gasteiger partial charge in [-0.25, -0.2) is 9.18 Å². The summed E-state index contributed by atoms with van der Waals surface area (Å²) in [5, 5.41) is 12.0. The predicted octanol–water partition coefficient (Wildman–Crippen LogP) is 2.79. The maximum atomic E-state index is 13.6. The SMILES string of the molecule is O=C(O)c1ccc(Cn2ccc(C(F)(F)F)n2)c(F)c1. The average Bonchev–Trinajstić information content (AvgIpc) is 2.80. The number of aromatic nitrogens is 2. The highest BCUT2D eigenvalue weighted by Crippen LogP contribution is 2.27. The number of carbonyl (C=O) groups is 1. The van der Waals surface area contributed by atoms with Gasteiger partial charge in [0.25, 0.3) is 0 Å². The van der Waals surface area contributed by atoms with Crippen molar-refractivity contribution in [2.24, 2.45) is 0 Å². The molecule has 1 aromatic carbocycles. The lowest BCUT2D eigenvalue weighted by Gasteiger charge is -2.05. The van der Waals surface area contributed by atoms with Crippen molar-refractivity contribution < 1.29 is 27.5 Å². The van der Waals surface area contributed by atoms with Crippen molar-refractivity contribution in [1.29, 1.82) is 0 Å². The third-order valence-corrected chi connectivity index (χ3v) is 2.56. The van der Waals surface area contributed by atoms with Crippen molar-refractivity contribution in [3.05, 3.63) is 53.1 Å². The summed E-state index contributed by atoms with van der Waals surface area (Å²) in [4.78, 5) is 10.6. The fourth-order valence-electron chi connectivity index (χ4n) is 1.58. The molecule has 0 aliphatic heterocycles. The van der Waals surface area contributed by atoms with Crippen molar-refractivity contribution in [2.75, 3.05) is 0 Å². The molecule has 2 rings (SSSR count). The van der Waals surface area contributed by atoms with Crippen molar-refractivity contribution in [2.45, 2.75) is 12.7 Å². The molecule has 0 bridgehead atoms. The lowest BCUT2D eigenvalue weighted by Crippen LogP contribution is -2.09. The summed E-state index contributed by atoms with van der Waals surface area (Å²) in [6, 6.07) is 3.97. The maximum absolute atomic E-state index is 13.6. The second-order valence-corrected chi connectivity index (χ2v) is 4.01. The summed E-state index contributed by atoms with van der Waals surface area (Å²) < 4.78 is 51.6. The summed E-state index contributed by atoms with van der Waals surface area (Å²) in [5.41, 5.74) is -1.26. The molecule has 0 unspecified atom stereocenters. The third kappa shape index (κ3) is 2.95. The molecule has 106 valence electrons. The minimum absolute atomic E-state index is 0.0480. The average molecular weight is 288 g/mol. The van der Waals surface area contributed by atoms with Gasteiger partial charge in [0.15, 0.2) is 5.69 Å². The van der Waals surface area contributed by atoms with Gasteiger partial charge in [-0.05, 0) is 18.2 Å². The molecule has 0 atom stereocenters. The first-order valence-electron chi connectivity index (χ1n) is 5.40. The largest absolute Gasteiger partial charge is 0.478 e. The third-order valence-electron chi connectivity index (χ3n) is 2.56. The van der Waals surface area contributed by atoms with Crippen molar-refractivity contribution in [1.82, 2.24) is 9.78 Å². The first-order valence-corrected chi connectivity index (χ1v) is 5.40. The van der Waals surface area contributed by atoms with Gasteiger partial charge in [0, 0.05) is 11.8 Å². The van der Waals surface area contributed by atoms with E-state index in [1.807, 2.05) is 0 Å². The van der Waals surface area contributed by atoms with Crippen LogP contribution in [0.2, 0.25) is 0 Å². The Morgan fingerprint density at radius 1 is 1.30 bits per heavy atom. The number of carboxylic acids is 1. The predicted molar refractivity (Wildman–Crippen MR) is 59.7 cm³/mol. The van der Waals surface area contributed by atoms with E-state index in [0.29, 0.717) is 0 Å². The lowest BCUT2D eigenvalue weighted by atomic mass is 10.1. The first-order chi connectivity index (χ1) is 9.27. The molecule has 2 aromatic rings. The molecule has 0 amide bonds. The number of carboxylic acid groups (broad SMARTS) is 1. The van der Waals surface area contributed by atoms with Gasteiger partial charge in [-0.15, -0.1) is 0 Å². The zero-order chi connectivity index (χ0) is 14.9. The van der Waals surface area contributed by atoms with Crippen LogP contribution in [0.3, 0.4) is 0 Å². The molecule has 1 aromatic heterocycles. The summed E-state index contributed by atoms with van der Waals surface area (Å²) in [7, 11) is 0. The van der Waals surface area contributed by atoms with Gasteiger partial charge in [-0.1, -0.05) is 6.07 Å². The van der Waals surface area contributed by atoms with E-state index in [1.165, 1.54) is 12.1 Å². The Kier molecular flexibility index (Phi) is 3.47. The van der Waals surface area contributed by atoms with Crippen LogP contribution in [0.5, 0.6) is 0 Å². The van der Waals surface area contributed by atoms with Crippen LogP contribution in [0.25, 0.3) is 0 Å². The van der Waals surface area contributed by atoms with E-state index in [4.69, 9.17) is 5.11 Å². The summed E-state index contributed by atoms with van der Waals surface area (Å²) in [6.45, 7) is -0.220. The molecule has 0 radical (unpaired) electrons. The van der Waals surface area contributed by atoms with E-state index in [1.54, 1.807) is 0 Å². The summed E-state index contributed by atoms with van der Waals surface area (Å²) in [6.07, 6.45) is -3.48. The van der Waals surface area contributed by atoms with E-state index in [2.05, 4.69) is 5.10 Å². The Hall–Kier alpha value is -2.38. The number of benzene rings is 1. The lowest BCUT2D eigenvalue weighted by molar-refractivity contribution is -0.141. The number of hydrogen-bond acceptors (Lipinski definition) is 2. The van der Waals surface area contributed by atoms with Gasteiger partial charge in [0.05, 0.1) is 12.1 Å². The summed E-state index contributed by atoms with van der Waals surface area (Å²) >= 11 is 0. The van der Waals surface area contributed by atoms with Gasteiger partial charge in [-0.3, -0.25) is 4.68 Å². The topological polar surface area (TPSA) is 55.1 Å². The molecule has 0 saturated heterocycles. The molecular formula is C12H8F4N2O2. The Morgan fingerprint density at radius 3 is 2.50 bits per heavy atom. The minimum atomic E-state index is -4.56. The number of hydrogen-bond donors (Lipinski definition) is 1. The molecule has 0 aliphatic carbocycles. The Morgan fingerprint density at radius 2 is 2.00 bits per heavy atom. The normalized spacial score (nSPS) is 11.6. The molecule has 0 fully saturated rings. The van der Waals surface area contributed by atoms with E-state index >= 15 is 0 Å². The molecule has 1 heterocycles. The fraction of sp³-hybridized carbons (Fsp3) is 0.167. The van der Waals surface area contributed by atoms with Gasteiger partial charge in [0.2, 0.25) is 0 Å². The molecule has 0 saturated carbocycles. The second-order valence-electron chi connectivity index (χ2n) is 4.01. The number of alkyl halides is 3. The molecule has 0 aliphatic rings. The number of halogens is 4. The van der Waals surface area contributed by atoms with Gasteiger partial charge < -0.3 is 5.11 Å². The second kappa shape index (κ2) is 4.95. The quantitative estimate of drug-likeness (QED) is 0.884. The molecule has 4 nitrogen and oxygen atoms in total. The zero-order valence-electron chi connectivity index (χ0n) is 9.86. The molecule has 1 N–H and O–H groups in total. The van der Waals surface area contributed by atoms with Crippen molar-refractivity contribution >= 4 is 5.97 Å². The first kappa shape index (κ1) is 14.0. The fourth-order valence-corrected chi connectivity index (χ4v) is 1.58. The molecule has 20 heavy (non-hydrogen) atoms. The van der Waals surface area contributed by atoms with Crippen LogP contribution in [-0.4, -0.2) is 20.9 Å². The molecule has 8 heteroatoms. The van der Waals surface area contributed by atoms with E-state index < -0.39 is 23.7 Å². The maximum Gasteiger partial charge on any atom is 0.435 e. The van der Waals surface area contributed by atoms with Crippen LogP contribution >= 0.6 is 0 Å². The van der Waals surface area contributed by atoms with Crippen LogP contribution in [0.1, 0.15) is 21.6 Å². The van der Waals surface area contributed by atoms with E-state index in [0.717, 1.165) is 23.0 Å². The minimum Gasteiger partial charge on any atom is -0.478 e. The molecule has 0 spiro atoms. The molecular weight excluding hydrogens is 280 g/mol. The van der Waals surface area contributed by atoms with Crippen LogP contribution in [0.4, 0.5) is 17.6 Å². The van der Waals surface area contributed by atoms with Gasteiger partial charge >= 0.3 is 12.1 Å². The van der Waals surface area contributed by atoms with Crippen LogP contribution in [-0.2, 0) is 12.7 Å². The highest BCUT2D eigenvalue weighted by Gasteiger charge is 2.33. The number of aromatic carboxylic acids is 1. The number of rotatable bonds is 3. The van der Waals surface area contributed by atoms with E-state index in [9.17, 15) is 22.4 Å². The summed E-state index contributed by atoms with van der Waals surface area (Å²) in [5.74, 6) is -2.09. The van der Waals surface area contributed by atoms with E-state index in [-0.39, 0.29) is 17.7 Å².